The van der Waals surface area contributed by atoms with Crippen LogP contribution in [0.5, 0.6) is 0 Å². The second-order valence-electron chi connectivity index (χ2n) is 5.01. The number of hydrogen-bond acceptors (Lipinski definition) is 1. The minimum Gasteiger partial charge on any atom is -0.273 e. The summed E-state index contributed by atoms with van der Waals surface area (Å²) in [4.78, 5) is 0. The van der Waals surface area contributed by atoms with Gasteiger partial charge in [0.15, 0.2) is 0 Å². The summed E-state index contributed by atoms with van der Waals surface area (Å²) >= 11 is 3.72. The van der Waals surface area contributed by atoms with Gasteiger partial charge in [-0.1, -0.05) is 53.2 Å². The van der Waals surface area contributed by atoms with E-state index >= 15 is 0 Å². The fraction of sp³-hybridized carbons (Fsp3) is 0.438. The Hall–Kier alpha value is -1.09. The molecule has 2 nitrogen and oxygen atoms in total. The maximum atomic E-state index is 4.38. The van der Waals surface area contributed by atoms with Gasteiger partial charge in [-0.25, -0.2) is 0 Å². The minimum atomic E-state index is 0.156. The second-order valence-corrected chi connectivity index (χ2v) is 5.58. The summed E-state index contributed by atoms with van der Waals surface area (Å²) < 4.78 is 2.00. The molecule has 0 aliphatic heterocycles. The highest BCUT2D eigenvalue weighted by Gasteiger charge is 2.29. The lowest BCUT2D eigenvalue weighted by molar-refractivity contribution is 0.464. The van der Waals surface area contributed by atoms with Crippen LogP contribution in [0.2, 0.25) is 0 Å². The molecule has 0 N–H and O–H groups in total. The van der Waals surface area contributed by atoms with Crippen LogP contribution < -0.4 is 0 Å². The van der Waals surface area contributed by atoms with Crippen LogP contribution >= 0.6 is 15.9 Å². The second kappa shape index (κ2) is 6.38. The maximum absolute atomic E-state index is 4.38. The summed E-state index contributed by atoms with van der Waals surface area (Å²) in [5.41, 5.74) is 2.87. The molecule has 0 bridgehead atoms. The van der Waals surface area contributed by atoms with Gasteiger partial charge in [0.1, 0.15) is 0 Å². The van der Waals surface area contributed by atoms with Gasteiger partial charge in [0.25, 0.3) is 0 Å². The molecular weight excluding hydrogens is 300 g/mol. The number of aryl methyl sites for hydroxylation is 1. The van der Waals surface area contributed by atoms with Crippen LogP contribution in [0.15, 0.2) is 42.7 Å². The third-order valence-corrected chi connectivity index (χ3v) is 4.95. The van der Waals surface area contributed by atoms with Crippen molar-refractivity contribution in [3.8, 4) is 0 Å². The fourth-order valence-corrected chi connectivity index (χ4v) is 3.42. The van der Waals surface area contributed by atoms with Crippen molar-refractivity contribution in [2.75, 3.05) is 5.33 Å². The van der Waals surface area contributed by atoms with Crippen molar-refractivity contribution in [3.05, 3.63) is 53.9 Å². The first-order chi connectivity index (χ1) is 9.24. The van der Waals surface area contributed by atoms with Gasteiger partial charge in [-0.2, -0.15) is 5.10 Å². The SMILES string of the molecule is CCn1cc(CC(CC)(CBr)c2ccccc2)cn1. The molecule has 2 rings (SSSR count). The van der Waals surface area contributed by atoms with E-state index < -0.39 is 0 Å². The van der Waals surface area contributed by atoms with E-state index in [1.807, 2.05) is 10.9 Å². The molecule has 0 aliphatic carbocycles. The van der Waals surface area contributed by atoms with Crippen LogP contribution in [0.1, 0.15) is 31.4 Å². The van der Waals surface area contributed by atoms with Crippen molar-refractivity contribution in [2.45, 2.75) is 38.6 Å². The first kappa shape index (κ1) is 14.3. The zero-order chi connectivity index (χ0) is 13.7. The molecule has 102 valence electrons. The predicted octanol–water partition coefficient (Wildman–Crippen LogP) is 4.19. The Labute approximate surface area is 124 Å². The van der Waals surface area contributed by atoms with Crippen LogP contribution in [0, 0.1) is 0 Å². The molecule has 1 unspecified atom stereocenters. The summed E-state index contributed by atoms with van der Waals surface area (Å²) in [6.07, 6.45) is 6.30. The molecule has 3 heteroatoms. The van der Waals surface area contributed by atoms with Crippen molar-refractivity contribution in [1.29, 1.82) is 0 Å². The number of alkyl halides is 1. The Morgan fingerprint density at radius 1 is 1.21 bits per heavy atom. The summed E-state index contributed by atoms with van der Waals surface area (Å²) in [7, 11) is 0. The van der Waals surface area contributed by atoms with E-state index in [0.717, 1.165) is 24.7 Å². The quantitative estimate of drug-likeness (QED) is 0.730. The largest absolute Gasteiger partial charge is 0.273 e. The average Bonchev–Trinajstić information content (AvgIpc) is 2.93. The van der Waals surface area contributed by atoms with Crippen LogP contribution in [0.4, 0.5) is 0 Å². The highest BCUT2D eigenvalue weighted by molar-refractivity contribution is 9.09. The Bertz CT molecular complexity index is 500. The Balaban J connectivity index is 2.29. The lowest BCUT2D eigenvalue weighted by atomic mass is 9.76. The van der Waals surface area contributed by atoms with Crippen molar-refractivity contribution in [3.63, 3.8) is 0 Å². The zero-order valence-corrected chi connectivity index (χ0v) is 13.2. The van der Waals surface area contributed by atoms with Crippen LogP contribution in [-0.2, 0) is 18.4 Å². The molecule has 1 aromatic heterocycles. The number of nitrogens with zero attached hydrogens (tertiary/aromatic N) is 2. The van der Waals surface area contributed by atoms with E-state index in [1.54, 1.807) is 0 Å². The molecule has 0 saturated carbocycles. The predicted molar refractivity (Wildman–Crippen MR) is 83.8 cm³/mol. The Morgan fingerprint density at radius 2 is 1.95 bits per heavy atom. The molecular formula is C16H21BrN2. The van der Waals surface area contributed by atoms with Gasteiger partial charge >= 0.3 is 0 Å². The summed E-state index contributed by atoms with van der Waals surface area (Å²) in [5.74, 6) is 0. The van der Waals surface area contributed by atoms with E-state index in [2.05, 4.69) is 71.4 Å². The van der Waals surface area contributed by atoms with Crippen molar-refractivity contribution in [2.24, 2.45) is 0 Å². The molecule has 0 aliphatic rings. The van der Waals surface area contributed by atoms with E-state index in [4.69, 9.17) is 0 Å². The monoisotopic (exact) mass is 320 g/mol. The molecule has 1 heterocycles. The first-order valence-electron chi connectivity index (χ1n) is 6.87. The van der Waals surface area contributed by atoms with Gasteiger partial charge in [0.05, 0.1) is 6.20 Å². The first-order valence-corrected chi connectivity index (χ1v) is 7.99. The molecule has 0 saturated heterocycles. The topological polar surface area (TPSA) is 17.8 Å². The van der Waals surface area contributed by atoms with E-state index in [0.29, 0.717) is 0 Å². The highest BCUT2D eigenvalue weighted by Crippen LogP contribution is 2.33. The van der Waals surface area contributed by atoms with Crippen LogP contribution in [0.25, 0.3) is 0 Å². The Morgan fingerprint density at radius 3 is 2.47 bits per heavy atom. The normalized spacial score (nSPS) is 14.3. The molecule has 1 aromatic carbocycles. The molecule has 0 radical (unpaired) electrons. The van der Waals surface area contributed by atoms with Crippen molar-refractivity contribution < 1.29 is 0 Å². The van der Waals surface area contributed by atoms with E-state index in [1.165, 1.54) is 11.1 Å². The van der Waals surface area contributed by atoms with E-state index in [-0.39, 0.29) is 5.41 Å². The van der Waals surface area contributed by atoms with E-state index in [9.17, 15) is 0 Å². The maximum Gasteiger partial charge on any atom is 0.0522 e. The van der Waals surface area contributed by atoms with Crippen molar-refractivity contribution >= 4 is 15.9 Å². The number of aromatic nitrogens is 2. The molecule has 0 spiro atoms. The van der Waals surface area contributed by atoms with Gasteiger partial charge < -0.3 is 0 Å². The van der Waals surface area contributed by atoms with Crippen LogP contribution in [-0.4, -0.2) is 15.1 Å². The third-order valence-electron chi connectivity index (χ3n) is 3.87. The average molecular weight is 321 g/mol. The van der Waals surface area contributed by atoms with Gasteiger partial charge in [0.2, 0.25) is 0 Å². The molecule has 1 atom stereocenters. The van der Waals surface area contributed by atoms with Gasteiger partial charge in [-0.05, 0) is 30.9 Å². The fourth-order valence-electron chi connectivity index (χ4n) is 2.50. The lowest BCUT2D eigenvalue weighted by Gasteiger charge is -2.31. The number of hydrogen-bond donors (Lipinski definition) is 0. The van der Waals surface area contributed by atoms with Crippen LogP contribution in [0.3, 0.4) is 0 Å². The lowest BCUT2D eigenvalue weighted by Crippen LogP contribution is -2.30. The standard InChI is InChI=1S/C16H21BrN2/c1-3-16(13-17,15-8-6-5-7-9-15)10-14-11-18-19(4-2)12-14/h5-9,11-12H,3-4,10,13H2,1-2H3. The summed E-state index contributed by atoms with van der Waals surface area (Å²) in [6, 6.07) is 10.8. The molecule has 2 aromatic rings. The molecule has 0 fully saturated rings. The molecule has 19 heavy (non-hydrogen) atoms. The van der Waals surface area contributed by atoms with Gasteiger partial charge in [-0.3, -0.25) is 4.68 Å². The summed E-state index contributed by atoms with van der Waals surface area (Å²) in [6.45, 7) is 5.31. The van der Waals surface area contributed by atoms with Crippen molar-refractivity contribution in [1.82, 2.24) is 9.78 Å². The number of halogens is 1. The third kappa shape index (κ3) is 3.08. The molecule has 0 amide bonds. The summed E-state index contributed by atoms with van der Waals surface area (Å²) in [5, 5.41) is 5.35. The number of benzene rings is 1. The van der Waals surface area contributed by atoms with Gasteiger partial charge in [0, 0.05) is 23.5 Å². The number of rotatable bonds is 6. The minimum absolute atomic E-state index is 0.156. The zero-order valence-electron chi connectivity index (χ0n) is 11.6. The highest BCUT2D eigenvalue weighted by atomic mass is 79.9. The smallest absolute Gasteiger partial charge is 0.0522 e. The van der Waals surface area contributed by atoms with Gasteiger partial charge in [-0.15, -0.1) is 0 Å². The Kier molecular flexibility index (Phi) is 4.81.